The van der Waals surface area contributed by atoms with E-state index in [1.807, 2.05) is 19.3 Å². The van der Waals surface area contributed by atoms with Crippen LogP contribution in [0.4, 0.5) is 11.4 Å². The molecular formula is C18H23N4O4+. The number of methoxy groups -OCH3 is 1. The summed E-state index contributed by atoms with van der Waals surface area (Å²) in [5.41, 5.74) is 1.45. The third-order valence-electron chi connectivity index (χ3n) is 4.88. The van der Waals surface area contributed by atoms with Crippen LogP contribution < -0.4 is 15.0 Å². The van der Waals surface area contributed by atoms with Crippen LogP contribution in [0.1, 0.15) is 24.6 Å². The van der Waals surface area contributed by atoms with E-state index < -0.39 is 4.92 Å². The van der Waals surface area contributed by atoms with Gasteiger partial charge in [0.1, 0.15) is 11.8 Å². The van der Waals surface area contributed by atoms with Gasteiger partial charge in [0, 0.05) is 38.2 Å². The summed E-state index contributed by atoms with van der Waals surface area (Å²) in [5.74, 6) is 0.222. The molecule has 1 aromatic carbocycles. The minimum absolute atomic E-state index is 0.0868. The van der Waals surface area contributed by atoms with Crippen LogP contribution in [-0.4, -0.2) is 35.6 Å². The molecule has 0 spiro atoms. The molecule has 1 unspecified atom stereocenters. The maximum atomic E-state index is 12.6. The molecule has 1 amide bonds. The van der Waals surface area contributed by atoms with Crippen molar-refractivity contribution in [3.8, 4) is 5.75 Å². The highest BCUT2D eigenvalue weighted by Gasteiger charge is 2.33. The largest absolute Gasteiger partial charge is 0.495 e. The number of nitrogens with zero attached hydrogens (tertiary/aromatic N) is 2. The quantitative estimate of drug-likeness (QED) is 0.601. The lowest BCUT2D eigenvalue weighted by Gasteiger charge is -2.22. The van der Waals surface area contributed by atoms with E-state index in [0.29, 0.717) is 18.0 Å². The molecule has 1 aromatic heterocycles. The van der Waals surface area contributed by atoms with Crippen molar-refractivity contribution in [3.05, 3.63) is 52.3 Å². The molecule has 0 saturated carbocycles. The van der Waals surface area contributed by atoms with Crippen LogP contribution >= 0.6 is 0 Å². The van der Waals surface area contributed by atoms with Gasteiger partial charge in [-0.3, -0.25) is 14.9 Å². The molecule has 2 aromatic rings. The number of nitro groups is 1. The highest BCUT2D eigenvalue weighted by atomic mass is 16.6. The average Bonchev–Trinajstić information content (AvgIpc) is 3.23. The van der Waals surface area contributed by atoms with Gasteiger partial charge in [0.2, 0.25) is 0 Å². The number of hydrogen-bond donors (Lipinski definition) is 2. The average molecular weight is 359 g/mol. The summed E-state index contributed by atoms with van der Waals surface area (Å²) >= 11 is 0. The first kappa shape index (κ1) is 17.9. The molecule has 2 atom stereocenters. The Labute approximate surface area is 151 Å². The van der Waals surface area contributed by atoms with Crippen molar-refractivity contribution in [2.24, 2.45) is 7.05 Å². The van der Waals surface area contributed by atoms with Crippen molar-refractivity contribution in [1.82, 2.24) is 4.57 Å². The molecule has 8 nitrogen and oxygen atoms in total. The van der Waals surface area contributed by atoms with E-state index >= 15 is 0 Å². The summed E-state index contributed by atoms with van der Waals surface area (Å²) in [7, 11) is 3.48. The number of carbonyl (C=O) groups excluding carboxylic acids is 1. The fourth-order valence-electron chi connectivity index (χ4n) is 3.62. The van der Waals surface area contributed by atoms with Crippen LogP contribution in [0.3, 0.4) is 0 Å². The van der Waals surface area contributed by atoms with Crippen molar-refractivity contribution in [2.45, 2.75) is 18.9 Å². The van der Waals surface area contributed by atoms with Crippen molar-refractivity contribution >= 4 is 17.3 Å². The molecule has 8 heteroatoms. The predicted molar refractivity (Wildman–Crippen MR) is 96.4 cm³/mol. The fourth-order valence-corrected chi connectivity index (χ4v) is 3.62. The number of nitrogens with one attached hydrogen (secondary N) is 2. The summed E-state index contributed by atoms with van der Waals surface area (Å²) < 4.78 is 7.29. The van der Waals surface area contributed by atoms with Crippen LogP contribution in [0.5, 0.6) is 5.75 Å². The molecule has 0 aliphatic carbocycles. The number of likely N-dealkylation sites (tertiary alicyclic amines) is 1. The van der Waals surface area contributed by atoms with E-state index in [2.05, 4.69) is 16.0 Å². The lowest BCUT2D eigenvalue weighted by atomic mass is 10.1. The molecule has 0 radical (unpaired) electrons. The molecule has 3 rings (SSSR count). The molecule has 1 saturated heterocycles. The number of non-ortho nitro benzene ring substituents is 1. The van der Waals surface area contributed by atoms with Crippen LogP contribution in [0, 0.1) is 10.1 Å². The molecule has 0 bridgehead atoms. The fraction of sp³-hybridized carbons (Fsp3) is 0.389. The Morgan fingerprint density at radius 2 is 2.27 bits per heavy atom. The summed E-state index contributed by atoms with van der Waals surface area (Å²) in [6.45, 7) is 1.23. The first-order valence-corrected chi connectivity index (χ1v) is 8.57. The zero-order valence-corrected chi connectivity index (χ0v) is 14.9. The van der Waals surface area contributed by atoms with Gasteiger partial charge in [-0.2, -0.15) is 0 Å². The second kappa shape index (κ2) is 7.57. The number of rotatable bonds is 6. The minimum Gasteiger partial charge on any atom is -0.495 e. The standard InChI is InChI=1S/C18H22N4O4/c1-20-9-3-5-15(20)16-6-4-10-21(16)12-18(23)19-14-11-13(22(24)25)7-8-17(14)26-2/h3,5,7-9,11,16H,4,6,10,12H2,1-2H3,(H,19,23)/p+1/t16-/m1/s1. The minimum atomic E-state index is -0.494. The third kappa shape index (κ3) is 3.70. The van der Waals surface area contributed by atoms with Gasteiger partial charge in [-0.25, -0.2) is 0 Å². The smallest absolute Gasteiger partial charge is 0.279 e. The van der Waals surface area contributed by atoms with Gasteiger partial charge in [-0.05, 0) is 18.2 Å². The number of aryl methyl sites for hydroxylation is 1. The van der Waals surface area contributed by atoms with Gasteiger partial charge in [-0.15, -0.1) is 0 Å². The Bertz CT molecular complexity index is 817. The summed E-state index contributed by atoms with van der Waals surface area (Å²) in [5, 5.41) is 13.7. The maximum absolute atomic E-state index is 12.6. The van der Waals surface area contributed by atoms with Crippen LogP contribution in [0.25, 0.3) is 0 Å². The molecule has 2 N–H and O–H groups in total. The van der Waals surface area contributed by atoms with Gasteiger partial charge >= 0.3 is 0 Å². The number of nitro benzene ring substituents is 1. The summed E-state index contributed by atoms with van der Waals surface area (Å²) in [6.07, 6.45) is 4.12. The van der Waals surface area contributed by atoms with Crippen molar-refractivity contribution < 1.29 is 19.4 Å². The number of hydrogen-bond acceptors (Lipinski definition) is 4. The summed E-state index contributed by atoms with van der Waals surface area (Å²) in [6, 6.07) is 8.56. The third-order valence-corrected chi connectivity index (χ3v) is 4.88. The Kier molecular flexibility index (Phi) is 5.22. The second-order valence-electron chi connectivity index (χ2n) is 6.51. The first-order valence-electron chi connectivity index (χ1n) is 8.57. The molecule has 1 aliphatic heterocycles. The topological polar surface area (TPSA) is 90.8 Å². The van der Waals surface area contributed by atoms with E-state index in [1.54, 1.807) is 0 Å². The highest BCUT2D eigenvalue weighted by molar-refractivity contribution is 5.93. The lowest BCUT2D eigenvalue weighted by molar-refractivity contribution is -0.910. The number of amides is 1. The van der Waals surface area contributed by atoms with Crippen molar-refractivity contribution in [1.29, 1.82) is 0 Å². The van der Waals surface area contributed by atoms with Crippen LogP contribution in [-0.2, 0) is 11.8 Å². The first-order chi connectivity index (χ1) is 12.5. The second-order valence-corrected chi connectivity index (χ2v) is 6.51. The number of quaternary nitrogens is 1. The van der Waals surface area contributed by atoms with Crippen LogP contribution in [0.2, 0.25) is 0 Å². The predicted octanol–water partition coefficient (Wildman–Crippen LogP) is 1.30. The van der Waals surface area contributed by atoms with E-state index in [4.69, 9.17) is 4.74 Å². The maximum Gasteiger partial charge on any atom is 0.279 e. The zero-order chi connectivity index (χ0) is 18.7. The van der Waals surface area contributed by atoms with E-state index in [0.717, 1.165) is 19.4 Å². The Morgan fingerprint density at radius 1 is 1.46 bits per heavy atom. The molecular weight excluding hydrogens is 336 g/mol. The molecule has 1 aliphatic rings. The summed E-state index contributed by atoms with van der Waals surface area (Å²) in [4.78, 5) is 24.2. The van der Waals surface area contributed by atoms with Gasteiger partial charge in [0.25, 0.3) is 11.6 Å². The van der Waals surface area contributed by atoms with Crippen LogP contribution in [0.15, 0.2) is 36.5 Å². The van der Waals surface area contributed by atoms with E-state index in [9.17, 15) is 14.9 Å². The number of aromatic nitrogens is 1. The SMILES string of the molecule is COc1ccc([N+](=O)[O-])cc1NC(=O)C[NH+]1CCC[C@@H]1c1cccn1C. The normalized spacial score (nSPS) is 19.3. The molecule has 1 fully saturated rings. The monoisotopic (exact) mass is 359 g/mol. The number of carbonyl (C=O) groups is 1. The Morgan fingerprint density at radius 3 is 2.92 bits per heavy atom. The van der Waals surface area contributed by atoms with Crippen molar-refractivity contribution in [2.75, 3.05) is 25.5 Å². The Hall–Kier alpha value is -2.87. The van der Waals surface area contributed by atoms with Gasteiger partial charge in [-0.1, -0.05) is 0 Å². The Balaban J connectivity index is 1.72. The number of anilines is 1. The zero-order valence-electron chi connectivity index (χ0n) is 14.9. The van der Waals surface area contributed by atoms with Gasteiger partial charge in [0.05, 0.1) is 30.0 Å². The van der Waals surface area contributed by atoms with Gasteiger partial charge in [0.15, 0.2) is 6.54 Å². The highest BCUT2D eigenvalue weighted by Crippen LogP contribution is 2.28. The molecule has 138 valence electrons. The molecule has 26 heavy (non-hydrogen) atoms. The lowest BCUT2D eigenvalue weighted by Crippen LogP contribution is -3.11. The molecule has 2 heterocycles. The number of benzene rings is 1. The van der Waals surface area contributed by atoms with Gasteiger partial charge < -0.3 is 19.5 Å². The van der Waals surface area contributed by atoms with E-state index in [1.165, 1.54) is 35.9 Å². The number of ether oxygens (including phenoxy) is 1. The van der Waals surface area contributed by atoms with E-state index in [-0.39, 0.29) is 17.6 Å². The van der Waals surface area contributed by atoms with Crippen molar-refractivity contribution in [3.63, 3.8) is 0 Å².